The normalized spacial score (nSPS) is 18.9. The summed E-state index contributed by atoms with van der Waals surface area (Å²) < 4.78 is 7.47. The maximum absolute atomic E-state index is 12.4. The number of likely N-dealkylation sites (tertiary alicyclic amines) is 1. The van der Waals surface area contributed by atoms with E-state index in [-0.39, 0.29) is 5.91 Å². The van der Waals surface area contributed by atoms with Crippen molar-refractivity contribution in [2.75, 3.05) is 13.1 Å². The molecule has 3 heterocycles. The number of amides is 1. The van der Waals surface area contributed by atoms with Gasteiger partial charge in [0, 0.05) is 38.3 Å². The average Bonchev–Trinajstić information content (AvgIpc) is 3.16. The van der Waals surface area contributed by atoms with E-state index in [9.17, 15) is 4.79 Å². The van der Waals surface area contributed by atoms with Crippen molar-refractivity contribution in [2.24, 2.45) is 0 Å². The minimum atomic E-state index is 0.217. The fourth-order valence-corrected chi connectivity index (χ4v) is 3.02. The summed E-state index contributed by atoms with van der Waals surface area (Å²) >= 11 is 0. The van der Waals surface area contributed by atoms with Gasteiger partial charge in [-0.15, -0.1) is 0 Å². The van der Waals surface area contributed by atoms with E-state index in [1.54, 1.807) is 6.26 Å². The molecule has 1 atom stereocenters. The van der Waals surface area contributed by atoms with Gasteiger partial charge in [-0.3, -0.25) is 4.79 Å². The minimum Gasteiger partial charge on any atom is -0.469 e. The first-order chi connectivity index (χ1) is 10.2. The third-order valence-corrected chi connectivity index (χ3v) is 4.17. The molecule has 0 aliphatic carbocycles. The van der Waals surface area contributed by atoms with Gasteiger partial charge in [0.05, 0.1) is 12.3 Å². The van der Waals surface area contributed by atoms with Gasteiger partial charge in [-0.2, -0.15) is 0 Å². The molecule has 0 aromatic carbocycles. The van der Waals surface area contributed by atoms with Crippen molar-refractivity contribution >= 4 is 5.91 Å². The molecule has 1 amide bonds. The van der Waals surface area contributed by atoms with Crippen LogP contribution in [0.4, 0.5) is 0 Å². The van der Waals surface area contributed by atoms with Crippen LogP contribution in [0, 0.1) is 6.92 Å². The Bertz CT molecular complexity index is 588. The first-order valence-corrected chi connectivity index (χ1v) is 7.53. The van der Waals surface area contributed by atoms with Gasteiger partial charge in [0.2, 0.25) is 5.91 Å². The van der Waals surface area contributed by atoms with Crippen LogP contribution in [0.1, 0.15) is 36.9 Å². The molecule has 1 aliphatic rings. The number of aromatic nitrogens is 2. The zero-order valence-corrected chi connectivity index (χ0v) is 12.4. The Kier molecular flexibility index (Phi) is 4.08. The third kappa shape index (κ3) is 3.17. The second-order valence-electron chi connectivity index (χ2n) is 5.60. The summed E-state index contributed by atoms with van der Waals surface area (Å²) in [6, 6.07) is 4.13. The van der Waals surface area contributed by atoms with Gasteiger partial charge in [0.25, 0.3) is 0 Å². The number of hydrogen-bond acceptors (Lipinski definition) is 3. The van der Waals surface area contributed by atoms with Crippen LogP contribution in [-0.4, -0.2) is 33.4 Å². The highest BCUT2D eigenvalue weighted by Gasteiger charge is 2.25. The third-order valence-electron chi connectivity index (χ3n) is 4.17. The van der Waals surface area contributed by atoms with Crippen LogP contribution in [0.2, 0.25) is 0 Å². The molecule has 3 rings (SSSR count). The highest BCUT2D eigenvalue weighted by molar-refractivity contribution is 5.76. The second kappa shape index (κ2) is 6.16. The fourth-order valence-electron chi connectivity index (χ4n) is 3.02. The summed E-state index contributed by atoms with van der Waals surface area (Å²) in [5.41, 5.74) is 0. The zero-order valence-electron chi connectivity index (χ0n) is 12.4. The van der Waals surface area contributed by atoms with Crippen molar-refractivity contribution in [1.82, 2.24) is 14.5 Å². The summed E-state index contributed by atoms with van der Waals surface area (Å²) in [5, 5.41) is 0. The number of carbonyl (C=O) groups excluding carboxylic acids is 1. The molecule has 2 aromatic rings. The van der Waals surface area contributed by atoms with E-state index < -0.39 is 0 Å². The van der Waals surface area contributed by atoms with E-state index in [2.05, 4.69) is 9.55 Å². The topological polar surface area (TPSA) is 51.3 Å². The van der Waals surface area contributed by atoms with Crippen LogP contribution < -0.4 is 0 Å². The Labute approximate surface area is 124 Å². The van der Waals surface area contributed by atoms with E-state index in [1.165, 1.54) is 0 Å². The van der Waals surface area contributed by atoms with Crippen LogP contribution >= 0.6 is 0 Å². The minimum absolute atomic E-state index is 0.217. The van der Waals surface area contributed by atoms with Crippen molar-refractivity contribution in [3.8, 4) is 0 Å². The molecule has 0 N–H and O–H groups in total. The standard InChI is InChI=1S/C16H21N3O2/c1-13-17-8-10-19(13)14-4-2-9-18(12-14)16(20)7-6-15-5-3-11-21-15/h3,5,8,10-11,14H,2,4,6-7,9,12H2,1H3/t14-/m0/s1. The smallest absolute Gasteiger partial charge is 0.223 e. The molecule has 0 unspecified atom stereocenters. The summed E-state index contributed by atoms with van der Waals surface area (Å²) in [6.07, 6.45) is 8.84. The number of hydrogen-bond donors (Lipinski definition) is 0. The highest BCUT2D eigenvalue weighted by Crippen LogP contribution is 2.23. The quantitative estimate of drug-likeness (QED) is 0.868. The number of aryl methyl sites for hydroxylation is 2. The molecule has 1 saturated heterocycles. The number of nitrogens with zero attached hydrogens (tertiary/aromatic N) is 3. The lowest BCUT2D eigenvalue weighted by Crippen LogP contribution is -2.40. The predicted octanol–water partition coefficient (Wildman–Crippen LogP) is 2.58. The molecule has 1 aliphatic heterocycles. The van der Waals surface area contributed by atoms with Gasteiger partial charge in [0.1, 0.15) is 11.6 Å². The van der Waals surface area contributed by atoms with Gasteiger partial charge in [-0.1, -0.05) is 0 Å². The van der Waals surface area contributed by atoms with Crippen LogP contribution in [0.15, 0.2) is 35.2 Å². The molecule has 1 fully saturated rings. The lowest BCUT2D eigenvalue weighted by atomic mass is 10.0. The van der Waals surface area contributed by atoms with Crippen molar-refractivity contribution in [3.63, 3.8) is 0 Å². The largest absolute Gasteiger partial charge is 0.469 e. The predicted molar refractivity (Wildman–Crippen MR) is 78.8 cm³/mol. The number of rotatable bonds is 4. The van der Waals surface area contributed by atoms with Gasteiger partial charge in [-0.25, -0.2) is 4.98 Å². The van der Waals surface area contributed by atoms with Crippen LogP contribution in [0.3, 0.4) is 0 Å². The van der Waals surface area contributed by atoms with E-state index >= 15 is 0 Å². The molecule has 0 saturated carbocycles. The second-order valence-corrected chi connectivity index (χ2v) is 5.60. The van der Waals surface area contributed by atoms with Crippen LogP contribution in [0.5, 0.6) is 0 Å². The molecule has 21 heavy (non-hydrogen) atoms. The Morgan fingerprint density at radius 3 is 3.14 bits per heavy atom. The van der Waals surface area contributed by atoms with E-state index in [0.29, 0.717) is 18.9 Å². The van der Waals surface area contributed by atoms with Gasteiger partial charge < -0.3 is 13.9 Å². The number of carbonyl (C=O) groups is 1. The zero-order chi connectivity index (χ0) is 14.7. The van der Waals surface area contributed by atoms with Crippen molar-refractivity contribution in [1.29, 1.82) is 0 Å². The number of imidazole rings is 1. The maximum Gasteiger partial charge on any atom is 0.223 e. The lowest BCUT2D eigenvalue weighted by molar-refractivity contribution is -0.132. The summed E-state index contributed by atoms with van der Waals surface area (Å²) in [6.45, 7) is 3.66. The highest BCUT2D eigenvalue weighted by atomic mass is 16.3. The van der Waals surface area contributed by atoms with Gasteiger partial charge in [0.15, 0.2) is 0 Å². The molecule has 2 aromatic heterocycles. The molecule has 5 nitrogen and oxygen atoms in total. The molecular weight excluding hydrogens is 266 g/mol. The fraction of sp³-hybridized carbons (Fsp3) is 0.500. The first-order valence-electron chi connectivity index (χ1n) is 7.53. The van der Waals surface area contributed by atoms with E-state index in [0.717, 1.165) is 37.5 Å². The van der Waals surface area contributed by atoms with E-state index in [1.807, 2.05) is 36.4 Å². The van der Waals surface area contributed by atoms with E-state index in [4.69, 9.17) is 4.42 Å². The Hall–Kier alpha value is -2.04. The SMILES string of the molecule is Cc1nccn1[C@H]1CCCN(C(=O)CCc2ccco2)C1. The van der Waals surface area contributed by atoms with Gasteiger partial charge >= 0.3 is 0 Å². The van der Waals surface area contributed by atoms with Crippen molar-refractivity contribution in [3.05, 3.63) is 42.4 Å². The molecular formula is C16H21N3O2. The lowest BCUT2D eigenvalue weighted by Gasteiger charge is -2.34. The van der Waals surface area contributed by atoms with Crippen LogP contribution in [0.25, 0.3) is 0 Å². The monoisotopic (exact) mass is 287 g/mol. The summed E-state index contributed by atoms with van der Waals surface area (Å²) in [5.74, 6) is 2.11. The molecule has 0 spiro atoms. The maximum atomic E-state index is 12.4. The first kappa shape index (κ1) is 13.9. The molecule has 0 bridgehead atoms. The Morgan fingerprint density at radius 1 is 1.52 bits per heavy atom. The summed E-state index contributed by atoms with van der Waals surface area (Å²) in [7, 11) is 0. The van der Waals surface area contributed by atoms with Gasteiger partial charge in [-0.05, 0) is 31.9 Å². The number of piperidine rings is 1. The average molecular weight is 287 g/mol. The molecule has 112 valence electrons. The van der Waals surface area contributed by atoms with Crippen molar-refractivity contribution in [2.45, 2.75) is 38.6 Å². The number of furan rings is 1. The Morgan fingerprint density at radius 2 is 2.43 bits per heavy atom. The van der Waals surface area contributed by atoms with Crippen molar-refractivity contribution < 1.29 is 9.21 Å². The summed E-state index contributed by atoms with van der Waals surface area (Å²) in [4.78, 5) is 18.6. The molecule has 0 radical (unpaired) electrons. The molecule has 5 heteroatoms. The Balaban J connectivity index is 1.58. The van der Waals surface area contributed by atoms with Crippen LogP contribution in [-0.2, 0) is 11.2 Å².